The summed E-state index contributed by atoms with van der Waals surface area (Å²) in [6.07, 6.45) is 1.41. The average Bonchev–Trinajstić information content (AvgIpc) is 2.83. The number of carboxylic acids is 1. The van der Waals surface area contributed by atoms with E-state index in [1.807, 2.05) is 0 Å². The lowest BCUT2D eigenvalue weighted by Gasteiger charge is -2.08. The van der Waals surface area contributed by atoms with Crippen LogP contribution in [0.3, 0.4) is 0 Å². The van der Waals surface area contributed by atoms with E-state index in [1.54, 1.807) is 18.2 Å². The minimum absolute atomic E-state index is 0.0447. The van der Waals surface area contributed by atoms with Crippen LogP contribution in [0.1, 0.15) is 31.8 Å². The maximum absolute atomic E-state index is 11.5. The first kappa shape index (κ1) is 12.9. The summed E-state index contributed by atoms with van der Waals surface area (Å²) < 4.78 is 0. The smallest absolute Gasteiger partial charge is 0.337 e. The summed E-state index contributed by atoms with van der Waals surface area (Å²) in [7, 11) is 0. The number of rotatable bonds is 4. The Labute approximate surface area is 118 Å². The third-order valence-corrected chi connectivity index (χ3v) is 3.62. The first-order valence-corrected chi connectivity index (χ1v) is 6.07. The number of carbonyl (C=O) groups excluding carboxylic acids is 3. The molecule has 3 rings (SSSR count). The van der Waals surface area contributed by atoms with Crippen LogP contribution in [0.4, 0.5) is 0 Å². The molecular formula is C16H8O5. The van der Waals surface area contributed by atoms with E-state index in [1.165, 1.54) is 6.07 Å². The van der Waals surface area contributed by atoms with E-state index in [0.29, 0.717) is 35.2 Å². The van der Waals surface area contributed by atoms with Gasteiger partial charge in [-0.15, -0.1) is 0 Å². The van der Waals surface area contributed by atoms with Gasteiger partial charge in [0.25, 0.3) is 0 Å². The Balaban J connectivity index is 2.61. The second kappa shape index (κ2) is 4.49. The Hall–Kier alpha value is -3.08. The molecule has 0 aliphatic heterocycles. The van der Waals surface area contributed by atoms with Gasteiger partial charge in [0, 0.05) is 22.3 Å². The number of aliphatic carboxylic acids is 1. The normalized spacial score (nSPS) is 12.6. The van der Waals surface area contributed by atoms with E-state index in [-0.39, 0.29) is 27.8 Å². The van der Waals surface area contributed by atoms with Gasteiger partial charge in [-0.1, -0.05) is 18.2 Å². The molecule has 0 radical (unpaired) electrons. The highest BCUT2D eigenvalue weighted by Crippen LogP contribution is 2.43. The maximum Gasteiger partial charge on any atom is 0.337 e. The van der Waals surface area contributed by atoms with Gasteiger partial charge in [0.1, 0.15) is 0 Å². The summed E-state index contributed by atoms with van der Waals surface area (Å²) in [5, 5.41) is 10.5. The van der Waals surface area contributed by atoms with Crippen molar-refractivity contribution in [2.45, 2.75) is 0 Å². The van der Waals surface area contributed by atoms with Crippen molar-refractivity contribution in [2.24, 2.45) is 0 Å². The zero-order valence-electron chi connectivity index (χ0n) is 10.6. The second-order valence-corrected chi connectivity index (χ2v) is 4.61. The van der Waals surface area contributed by atoms with Crippen LogP contribution in [0.5, 0.6) is 0 Å². The number of allylic oxidation sites excluding steroid dienone is 1. The van der Waals surface area contributed by atoms with Crippen molar-refractivity contribution >= 4 is 46.7 Å². The summed E-state index contributed by atoms with van der Waals surface area (Å²) in [5.41, 5.74) is 0.584. The molecule has 2 aromatic carbocycles. The third-order valence-electron chi connectivity index (χ3n) is 3.62. The van der Waals surface area contributed by atoms with Crippen molar-refractivity contribution in [3.05, 3.63) is 46.5 Å². The molecule has 1 N–H and O–H groups in total. The summed E-state index contributed by atoms with van der Waals surface area (Å²) in [5.74, 6) is -1.25. The van der Waals surface area contributed by atoms with Crippen LogP contribution in [0.15, 0.2) is 24.3 Å². The number of carboxylic acid groups (broad SMARTS) is 1. The van der Waals surface area contributed by atoms with Crippen LogP contribution >= 0.6 is 0 Å². The Morgan fingerprint density at radius 1 is 1.05 bits per heavy atom. The van der Waals surface area contributed by atoms with E-state index in [4.69, 9.17) is 0 Å². The zero-order valence-corrected chi connectivity index (χ0v) is 10.6. The van der Waals surface area contributed by atoms with Gasteiger partial charge in [0.05, 0.1) is 5.57 Å². The minimum Gasteiger partial charge on any atom is -0.478 e. The van der Waals surface area contributed by atoms with E-state index in [0.717, 1.165) is 0 Å². The number of benzene rings is 2. The molecule has 0 aromatic heterocycles. The van der Waals surface area contributed by atoms with Crippen molar-refractivity contribution in [3.63, 3.8) is 0 Å². The van der Waals surface area contributed by atoms with Gasteiger partial charge in [-0.25, -0.2) is 4.79 Å². The first-order valence-electron chi connectivity index (χ1n) is 6.07. The lowest BCUT2D eigenvalue weighted by atomic mass is 9.93. The van der Waals surface area contributed by atoms with Crippen LogP contribution in [0.2, 0.25) is 0 Å². The minimum atomic E-state index is -1.25. The fraction of sp³-hybridized carbons (Fsp3) is 0. The fourth-order valence-corrected chi connectivity index (χ4v) is 2.82. The molecule has 0 atom stereocenters. The van der Waals surface area contributed by atoms with Crippen LogP contribution in [0, 0.1) is 0 Å². The van der Waals surface area contributed by atoms with E-state index < -0.39 is 5.97 Å². The van der Waals surface area contributed by atoms with Crippen molar-refractivity contribution in [3.8, 4) is 0 Å². The number of carbonyl (C=O) groups is 4. The fourth-order valence-electron chi connectivity index (χ4n) is 2.82. The molecule has 0 saturated heterocycles. The van der Waals surface area contributed by atoms with Crippen LogP contribution in [-0.4, -0.2) is 29.9 Å². The molecule has 5 nitrogen and oxygen atoms in total. The van der Waals surface area contributed by atoms with Crippen LogP contribution in [0.25, 0.3) is 21.9 Å². The molecule has 21 heavy (non-hydrogen) atoms. The predicted molar refractivity (Wildman–Crippen MR) is 75.2 cm³/mol. The van der Waals surface area contributed by atoms with E-state index >= 15 is 0 Å². The van der Waals surface area contributed by atoms with Crippen molar-refractivity contribution in [1.29, 1.82) is 0 Å². The highest BCUT2D eigenvalue weighted by atomic mass is 16.4. The molecule has 5 heteroatoms. The highest BCUT2D eigenvalue weighted by molar-refractivity contribution is 6.41. The Morgan fingerprint density at radius 2 is 1.81 bits per heavy atom. The van der Waals surface area contributed by atoms with Crippen molar-refractivity contribution in [2.75, 3.05) is 0 Å². The zero-order chi connectivity index (χ0) is 15.1. The molecule has 0 bridgehead atoms. The predicted octanol–water partition coefficient (Wildman–Crippen LogP) is 1.97. The summed E-state index contributed by atoms with van der Waals surface area (Å²) in [4.78, 5) is 45.3. The van der Waals surface area contributed by atoms with Gasteiger partial charge >= 0.3 is 5.97 Å². The largest absolute Gasteiger partial charge is 0.478 e. The van der Waals surface area contributed by atoms with Crippen LogP contribution in [-0.2, 0) is 9.59 Å². The molecule has 0 amide bonds. The standard InChI is InChI=1S/C16H8O5/c17-5-9-4-8-2-1-3-10-13(8)14(11(9)6-18)12(7-19)15(10)16(20)21/h1-7H,(H,20,21). The SMILES string of the molecule is O=CC1=C(C(=O)O)c2cccc3cc(C=O)c(C=O)c1c23. The van der Waals surface area contributed by atoms with E-state index in [2.05, 4.69) is 0 Å². The van der Waals surface area contributed by atoms with Gasteiger partial charge < -0.3 is 5.11 Å². The molecule has 2 aromatic rings. The van der Waals surface area contributed by atoms with Crippen molar-refractivity contribution in [1.82, 2.24) is 0 Å². The molecular weight excluding hydrogens is 272 g/mol. The average molecular weight is 280 g/mol. The highest BCUT2D eigenvalue weighted by Gasteiger charge is 2.31. The Morgan fingerprint density at radius 3 is 2.38 bits per heavy atom. The number of hydrogen-bond acceptors (Lipinski definition) is 4. The molecule has 0 unspecified atom stereocenters. The van der Waals surface area contributed by atoms with Crippen LogP contribution < -0.4 is 0 Å². The van der Waals surface area contributed by atoms with Crippen molar-refractivity contribution < 1.29 is 24.3 Å². The molecule has 0 spiro atoms. The molecule has 102 valence electrons. The van der Waals surface area contributed by atoms with E-state index in [9.17, 15) is 24.3 Å². The third kappa shape index (κ3) is 1.57. The van der Waals surface area contributed by atoms with Gasteiger partial charge in [0.2, 0.25) is 0 Å². The lowest BCUT2D eigenvalue weighted by Crippen LogP contribution is -2.01. The number of hydrogen-bond donors (Lipinski definition) is 1. The second-order valence-electron chi connectivity index (χ2n) is 4.61. The molecule has 0 fully saturated rings. The maximum atomic E-state index is 11.5. The molecule has 0 heterocycles. The van der Waals surface area contributed by atoms with Gasteiger partial charge in [-0.2, -0.15) is 0 Å². The Bertz CT molecular complexity index is 874. The summed E-state index contributed by atoms with van der Waals surface area (Å²) in [6, 6.07) is 6.46. The quantitative estimate of drug-likeness (QED) is 0.865. The molecule has 1 aliphatic rings. The lowest BCUT2D eigenvalue weighted by molar-refractivity contribution is -0.130. The molecule has 0 saturated carbocycles. The summed E-state index contributed by atoms with van der Waals surface area (Å²) in [6.45, 7) is 0. The topological polar surface area (TPSA) is 88.5 Å². The number of aldehydes is 3. The van der Waals surface area contributed by atoms with Gasteiger partial charge in [0.15, 0.2) is 18.9 Å². The van der Waals surface area contributed by atoms with Gasteiger partial charge in [-0.05, 0) is 22.4 Å². The molecule has 1 aliphatic carbocycles. The van der Waals surface area contributed by atoms with Gasteiger partial charge in [-0.3, -0.25) is 14.4 Å². The Kier molecular flexibility index (Phi) is 2.76. The first-order chi connectivity index (χ1) is 10.1. The monoisotopic (exact) mass is 280 g/mol. The summed E-state index contributed by atoms with van der Waals surface area (Å²) >= 11 is 0.